The van der Waals surface area contributed by atoms with Gasteiger partial charge in [0.25, 0.3) is 0 Å². The van der Waals surface area contributed by atoms with Crippen molar-refractivity contribution in [1.29, 1.82) is 0 Å². The van der Waals surface area contributed by atoms with Crippen molar-refractivity contribution < 1.29 is 13.2 Å². The lowest BCUT2D eigenvalue weighted by Crippen LogP contribution is -2.20. The molecule has 0 saturated carbocycles. The number of anilines is 2. The highest BCUT2D eigenvalue weighted by Gasteiger charge is 2.09. The van der Waals surface area contributed by atoms with E-state index in [1.807, 2.05) is 24.3 Å². The molecule has 7 heteroatoms. The highest BCUT2D eigenvalue weighted by molar-refractivity contribution is 7.89. The summed E-state index contributed by atoms with van der Waals surface area (Å²) in [7, 11) is -3.80. The molecule has 2 aromatic rings. The van der Waals surface area contributed by atoms with Gasteiger partial charge in [0.05, 0.1) is 4.90 Å². The van der Waals surface area contributed by atoms with Gasteiger partial charge in [-0.2, -0.15) is 0 Å². The third-order valence-corrected chi connectivity index (χ3v) is 4.17. The quantitative estimate of drug-likeness (QED) is 0.801. The number of rotatable bonds is 4. The number of nitrogens with two attached hydrogens (primary N) is 1. The molecule has 6 nitrogen and oxygen atoms in total. The van der Waals surface area contributed by atoms with E-state index in [9.17, 15) is 13.2 Å². The molecule has 0 bridgehead atoms. The van der Waals surface area contributed by atoms with Gasteiger partial charge >= 0.3 is 6.03 Å². The number of carbonyl (C=O) groups excluding carboxylic acids is 1. The number of carbonyl (C=O) groups is 1. The zero-order valence-corrected chi connectivity index (χ0v) is 13.7. The molecule has 0 aromatic heterocycles. The molecule has 23 heavy (non-hydrogen) atoms. The van der Waals surface area contributed by atoms with E-state index < -0.39 is 16.1 Å². The second-order valence-corrected chi connectivity index (χ2v) is 6.99. The normalized spacial score (nSPS) is 11.3. The summed E-state index contributed by atoms with van der Waals surface area (Å²) in [5.74, 6) is 0.416. The number of hydrogen-bond acceptors (Lipinski definition) is 3. The summed E-state index contributed by atoms with van der Waals surface area (Å²) in [5, 5.41) is 10.3. The van der Waals surface area contributed by atoms with Crippen molar-refractivity contribution in [2.45, 2.75) is 24.7 Å². The second-order valence-electron chi connectivity index (χ2n) is 5.43. The number of nitrogens with one attached hydrogen (secondary N) is 2. The SMILES string of the molecule is CC(C)c1ccc(NC(=O)Nc2cccc(S(N)(=O)=O)c2)cc1. The average molecular weight is 333 g/mol. The van der Waals surface area contributed by atoms with Crippen LogP contribution >= 0.6 is 0 Å². The van der Waals surface area contributed by atoms with Gasteiger partial charge in [0.15, 0.2) is 0 Å². The van der Waals surface area contributed by atoms with Gasteiger partial charge in [-0.1, -0.05) is 32.0 Å². The van der Waals surface area contributed by atoms with Crippen LogP contribution < -0.4 is 15.8 Å². The molecule has 0 atom stereocenters. The van der Waals surface area contributed by atoms with Gasteiger partial charge in [-0.3, -0.25) is 0 Å². The Morgan fingerprint density at radius 2 is 1.61 bits per heavy atom. The van der Waals surface area contributed by atoms with E-state index in [0.29, 0.717) is 17.3 Å². The molecule has 0 radical (unpaired) electrons. The first-order valence-electron chi connectivity index (χ1n) is 7.06. The van der Waals surface area contributed by atoms with E-state index >= 15 is 0 Å². The molecule has 0 heterocycles. The summed E-state index contributed by atoms with van der Waals surface area (Å²) < 4.78 is 22.6. The van der Waals surface area contributed by atoms with Crippen LogP contribution in [0.25, 0.3) is 0 Å². The van der Waals surface area contributed by atoms with E-state index in [1.165, 1.54) is 23.8 Å². The summed E-state index contributed by atoms with van der Waals surface area (Å²) in [5.41, 5.74) is 2.17. The summed E-state index contributed by atoms with van der Waals surface area (Å²) >= 11 is 0. The Morgan fingerprint density at radius 1 is 1.00 bits per heavy atom. The van der Waals surface area contributed by atoms with Crippen molar-refractivity contribution >= 4 is 27.4 Å². The minimum Gasteiger partial charge on any atom is -0.308 e. The van der Waals surface area contributed by atoms with Crippen molar-refractivity contribution in [2.24, 2.45) is 5.14 Å². The molecule has 0 unspecified atom stereocenters. The molecule has 0 aliphatic carbocycles. The first-order chi connectivity index (χ1) is 10.8. The number of benzene rings is 2. The van der Waals surface area contributed by atoms with Crippen molar-refractivity contribution in [1.82, 2.24) is 0 Å². The Hall–Kier alpha value is -2.38. The lowest BCUT2D eigenvalue weighted by Gasteiger charge is -2.10. The molecule has 2 amide bonds. The van der Waals surface area contributed by atoms with Crippen molar-refractivity contribution in [2.75, 3.05) is 10.6 Å². The third kappa shape index (κ3) is 4.80. The van der Waals surface area contributed by atoms with E-state index in [1.54, 1.807) is 6.07 Å². The van der Waals surface area contributed by atoms with Gasteiger partial charge in [-0.05, 0) is 41.8 Å². The lowest BCUT2D eigenvalue weighted by atomic mass is 10.0. The Kier molecular flexibility index (Phi) is 5.02. The fourth-order valence-corrected chi connectivity index (χ4v) is 2.56. The molecule has 2 rings (SSSR count). The second kappa shape index (κ2) is 6.80. The van der Waals surface area contributed by atoms with Crippen LogP contribution in [0.2, 0.25) is 0 Å². The number of urea groups is 1. The van der Waals surface area contributed by atoms with Crippen LogP contribution in [0, 0.1) is 0 Å². The first kappa shape index (κ1) is 17.0. The maximum atomic E-state index is 12.0. The van der Waals surface area contributed by atoms with Crippen molar-refractivity contribution in [3.05, 3.63) is 54.1 Å². The Balaban J connectivity index is 2.05. The molecule has 2 aromatic carbocycles. The maximum absolute atomic E-state index is 12.0. The van der Waals surface area contributed by atoms with Crippen molar-refractivity contribution in [3.8, 4) is 0 Å². The molecule has 0 aliphatic rings. The van der Waals surface area contributed by atoms with Gasteiger partial charge in [0.2, 0.25) is 10.0 Å². The van der Waals surface area contributed by atoms with E-state index in [-0.39, 0.29) is 4.90 Å². The van der Waals surface area contributed by atoms with Crippen LogP contribution in [0.3, 0.4) is 0 Å². The van der Waals surface area contributed by atoms with Gasteiger partial charge < -0.3 is 10.6 Å². The van der Waals surface area contributed by atoms with Crippen LogP contribution in [0.15, 0.2) is 53.4 Å². The molecule has 4 N–H and O–H groups in total. The topological polar surface area (TPSA) is 101 Å². The summed E-state index contributed by atoms with van der Waals surface area (Å²) in [6, 6.07) is 12.8. The molecule has 0 fully saturated rings. The Morgan fingerprint density at radius 3 is 2.17 bits per heavy atom. The van der Waals surface area contributed by atoms with Crippen LogP contribution in [0.4, 0.5) is 16.2 Å². The minimum absolute atomic E-state index is 0.0587. The Bertz CT molecular complexity index is 800. The standard InChI is InChI=1S/C16H19N3O3S/c1-11(2)12-6-8-13(9-7-12)18-16(20)19-14-4-3-5-15(10-14)23(17,21)22/h3-11H,1-2H3,(H2,17,21,22)(H2,18,19,20). The van der Waals surface area contributed by atoms with Gasteiger partial charge in [0, 0.05) is 11.4 Å². The molecule has 0 saturated heterocycles. The van der Waals surface area contributed by atoms with Gasteiger partial charge in [-0.25, -0.2) is 18.4 Å². The molecule has 122 valence electrons. The lowest BCUT2D eigenvalue weighted by molar-refractivity contribution is 0.262. The van der Waals surface area contributed by atoms with Crippen LogP contribution in [-0.2, 0) is 10.0 Å². The highest BCUT2D eigenvalue weighted by Crippen LogP contribution is 2.18. The fourth-order valence-electron chi connectivity index (χ4n) is 2.00. The third-order valence-electron chi connectivity index (χ3n) is 3.26. The van der Waals surface area contributed by atoms with Crippen LogP contribution in [-0.4, -0.2) is 14.4 Å². The Labute approximate surface area is 135 Å². The summed E-state index contributed by atoms with van der Waals surface area (Å²) in [6.45, 7) is 4.18. The fraction of sp³-hybridized carbons (Fsp3) is 0.188. The zero-order valence-electron chi connectivity index (χ0n) is 12.9. The molecule has 0 spiro atoms. The predicted octanol–water partition coefficient (Wildman–Crippen LogP) is 3.10. The largest absolute Gasteiger partial charge is 0.323 e. The van der Waals surface area contributed by atoms with Crippen LogP contribution in [0.1, 0.15) is 25.3 Å². The molecule has 0 aliphatic heterocycles. The highest BCUT2D eigenvalue weighted by atomic mass is 32.2. The average Bonchev–Trinajstić information content (AvgIpc) is 2.47. The maximum Gasteiger partial charge on any atom is 0.323 e. The predicted molar refractivity (Wildman–Crippen MR) is 91.0 cm³/mol. The monoisotopic (exact) mass is 333 g/mol. The molecular weight excluding hydrogens is 314 g/mol. The number of hydrogen-bond donors (Lipinski definition) is 3. The zero-order chi connectivity index (χ0) is 17.0. The minimum atomic E-state index is -3.80. The van der Waals surface area contributed by atoms with E-state index in [2.05, 4.69) is 24.5 Å². The molecular formula is C16H19N3O3S. The smallest absolute Gasteiger partial charge is 0.308 e. The number of amides is 2. The van der Waals surface area contributed by atoms with E-state index in [0.717, 1.165) is 0 Å². The summed E-state index contributed by atoms with van der Waals surface area (Å²) in [6.07, 6.45) is 0. The van der Waals surface area contributed by atoms with E-state index in [4.69, 9.17) is 5.14 Å². The summed E-state index contributed by atoms with van der Waals surface area (Å²) in [4.78, 5) is 11.9. The van der Waals surface area contributed by atoms with Gasteiger partial charge in [-0.15, -0.1) is 0 Å². The first-order valence-corrected chi connectivity index (χ1v) is 8.61. The van der Waals surface area contributed by atoms with Crippen molar-refractivity contribution in [3.63, 3.8) is 0 Å². The van der Waals surface area contributed by atoms with Crippen LogP contribution in [0.5, 0.6) is 0 Å². The number of sulfonamides is 1. The number of primary sulfonamides is 1. The van der Waals surface area contributed by atoms with Gasteiger partial charge in [0.1, 0.15) is 0 Å².